The number of alkyl halides is 3. The molecule has 0 aliphatic rings. The minimum Gasteiger partial charge on any atom is -0.319 e. The first-order valence-electron chi connectivity index (χ1n) is 4.85. The van der Waals surface area contributed by atoms with Gasteiger partial charge in [-0.1, -0.05) is 0 Å². The third-order valence-electron chi connectivity index (χ3n) is 1.89. The molecule has 0 aliphatic carbocycles. The predicted molar refractivity (Wildman–Crippen MR) is 60.5 cm³/mol. The number of thioether (sulfide) groups is 1. The van der Waals surface area contributed by atoms with Crippen LogP contribution < -0.4 is 5.32 Å². The number of halogens is 3. The minimum atomic E-state index is -4.34. The largest absolute Gasteiger partial charge is 0.446 e. The second-order valence-electron chi connectivity index (χ2n) is 3.26. The highest BCUT2D eigenvalue weighted by atomic mass is 32.2. The van der Waals surface area contributed by atoms with E-state index in [1.54, 1.807) is 0 Å². The molecule has 0 bridgehead atoms. The molecule has 0 fully saturated rings. The lowest BCUT2D eigenvalue weighted by Crippen LogP contribution is -2.13. The summed E-state index contributed by atoms with van der Waals surface area (Å²) in [5.41, 5.74) is -4.00. The molecule has 0 unspecified atom stereocenters. The second-order valence-corrected chi connectivity index (χ2v) is 4.40. The van der Waals surface area contributed by atoms with Gasteiger partial charge in [0.15, 0.2) is 0 Å². The third kappa shape index (κ3) is 3.95. The molecule has 0 spiro atoms. The zero-order chi connectivity index (χ0) is 13.9. The molecular formula is C9H6F3N5OS. The molecule has 0 atom stereocenters. The molecule has 0 saturated heterocycles. The van der Waals surface area contributed by atoms with Crippen molar-refractivity contribution in [1.29, 1.82) is 0 Å². The van der Waals surface area contributed by atoms with Crippen molar-refractivity contribution < 1.29 is 18.0 Å². The molecule has 2 rings (SSSR count). The van der Waals surface area contributed by atoms with Crippen molar-refractivity contribution in [2.45, 2.75) is 10.4 Å². The van der Waals surface area contributed by atoms with E-state index in [4.69, 9.17) is 0 Å². The molecule has 1 aromatic carbocycles. The van der Waals surface area contributed by atoms with Gasteiger partial charge < -0.3 is 5.32 Å². The number of rotatable bonds is 3. The molecule has 1 heterocycles. The molecule has 19 heavy (non-hydrogen) atoms. The number of hydrogen-bond acceptors (Lipinski definition) is 5. The first kappa shape index (κ1) is 13.3. The highest BCUT2D eigenvalue weighted by Gasteiger charge is 2.29. The smallest absolute Gasteiger partial charge is 0.319 e. The average Bonchev–Trinajstić information content (AvgIpc) is 2.83. The van der Waals surface area contributed by atoms with Gasteiger partial charge in [-0.15, -0.1) is 10.2 Å². The van der Waals surface area contributed by atoms with Crippen LogP contribution >= 0.6 is 11.8 Å². The average molecular weight is 289 g/mol. The molecule has 1 aromatic heterocycles. The van der Waals surface area contributed by atoms with Gasteiger partial charge in [0.2, 0.25) is 0 Å². The van der Waals surface area contributed by atoms with Crippen LogP contribution in [0.1, 0.15) is 10.6 Å². The van der Waals surface area contributed by atoms with Gasteiger partial charge in [0.25, 0.3) is 11.7 Å². The molecule has 6 nitrogen and oxygen atoms in total. The maximum atomic E-state index is 12.1. The maximum absolute atomic E-state index is 12.1. The zero-order valence-corrected chi connectivity index (χ0v) is 9.92. The summed E-state index contributed by atoms with van der Waals surface area (Å²) in [5.74, 6) is -0.765. The molecule has 0 aliphatic heterocycles. The van der Waals surface area contributed by atoms with Crippen LogP contribution in [0.4, 0.5) is 18.9 Å². The van der Waals surface area contributed by atoms with Gasteiger partial charge in [0.05, 0.1) is 0 Å². The Morgan fingerprint density at radius 1 is 1.26 bits per heavy atom. The number of nitrogens with zero attached hydrogens (tertiary/aromatic N) is 3. The van der Waals surface area contributed by atoms with E-state index in [0.717, 1.165) is 0 Å². The van der Waals surface area contributed by atoms with Crippen molar-refractivity contribution in [3.8, 4) is 0 Å². The molecular weight excluding hydrogens is 283 g/mol. The van der Waals surface area contributed by atoms with E-state index in [9.17, 15) is 18.0 Å². The molecule has 2 N–H and O–H groups in total. The lowest BCUT2D eigenvalue weighted by atomic mass is 10.3. The molecule has 0 saturated carbocycles. The molecule has 1 amide bonds. The summed E-state index contributed by atoms with van der Waals surface area (Å²) in [6.45, 7) is 0. The second kappa shape index (κ2) is 5.26. The number of hydrogen-bond donors (Lipinski definition) is 2. The Morgan fingerprint density at radius 3 is 2.47 bits per heavy atom. The highest BCUT2D eigenvalue weighted by Crippen LogP contribution is 2.36. The van der Waals surface area contributed by atoms with E-state index in [1.165, 1.54) is 24.3 Å². The van der Waals surface area contributed by atoms with Crippen LogP contribution in [0.3, 0.4) is 0 Å². The van der Waals surface area contributed by atoms with E-state index in [2.05, 4.69) is 25.9 Å². The number of carbonyl (C=O) groups is 1. The Kier molecular flexibility index (Phi) is 3.69. The van der Waals surface area contributed by atoms with Gasteiger partial charge in [-0.3, -0.25) is 4.79 Å². The van der Waals surface area contributed by atoms with Gasteiger partial charge in [-0.25, -0.2) is 0 Å². The van der Waals surface area contributed by atoms with E-state index >= 15 is 0 Å². The van der Waals surface area contributed by atoms with Crippen LogP contribution in [0.2, 0.25) is 0 Å². The number of anilines is 1. The summed E-state index contributed by atoms with van der Waals surface area (Å²) in [5, 5.41) is 14.7. The number of nitrogens with one attached hydrogen (secondary N) is 2. The predicted octanol–water partition coefficient (Wildman–Crippen LogP) is 2.06. The van der Waals surface area contributed by atoms with Gasteiger partial charge in [-0.2, -0.15) is 18.4 Å². The van der Waals surface area contributed by atoms with E-state index in [0.29, 0.717) is 5.69 Å². The van der Waals surface area contributed by atoms with Gasteiger partial charge >= 0.3 is 5.51 Å². The van der Waals surface area contributed by atoms with Gasteiger partial charge in [0, 0.05) is 10.6 Å². The monoisotopic (exact) mass is 289 g/mol. The Balaban J connectivity index is 2.01. The number of aromatic amines is 1. The zero-order valence-electron chi connectivity index (χ0n) is 9.10. The summed E-state index contributed by atoms with van der Waals surface area (Å²) in [6.07, 6.45) is 0. The molecule has 10 heteroatoms. The van der Waals surface area contributed by atoms with Crippen molar-refractivity contribution in [2.24, 2.45) is 0 Å². The minimum absolute atomic E-state index is 0.0325. The highest BCUT2D eigenvalue weighted by molar-refractivity contribution is 8.00. The summed E-state index contributed by atoms with van der Waals surface area (Å²) in [7, 11) is 0. The van der Waals surface area contributed by atoms with Crippen molar-refractivity contribution >= 4 is 23.4 Å². The van der Waals surface area contributed by atoms with Crippen molar-refractivity contribution in [3.63, 3.8) is 0 Å². The summed E-state index contributed by atoms with van der Waals surface area (Å²) in [4.78, 5) is 11.5. The van der Waals surface area contributed by atoms with E-state index in [-0.39, 0.29) is 22.5 Å². The topological polar surface area (TPSA) is 83.6 Å². The van der Waals surface area contributed by atoms with Crippen LogP contribution in [0.25, 0.3) is 0 Å². The Morgan fingerprint density at radius 2 is 1.95 bits per heavy atom. The fourth-order valence-electron chi connectivity index (χ4n) is 1.18. The number of benzene rings is 1. The lowest BCUT2D eigenvalue weighted by Gasteiger charge is -2.06. The fraction of sp³-hybridized carbons (Fsp3) is 0.111. The van der Waals surface area contributed by atoms with Gasteiger partial charge in [0.1, 0.15) is 0 Å². The lowest BCUT2D eigenvalue weighted by molar-refractivity contribution is -0.0328. The third-order valence-corrected chi connectivity index (χ3v) is 2.63. The van der Waals surface area contributed by atoms with Crippen molar-refractivity contribution in [1.82, 2.24) is 20.6 Å². The Bertz CT molecular complexity index is 554. The standard InChI is InChI=1S/C9H6F3N5OS/c10-9(11,12)19-6-3-1-5(2-4-6)13-8(18)7-14-16-17-15-7/h1-4H,(H,13,18)(H,14,15,16,17). The number of aromatic nitrogens is 4. The summed E-state index contributed by atoms with van der Waals surface area (Å²) < 4.78 is 36.3. The first-order chi connectivity index (χ1) is 8.94. The van der Waals surface area contributed by atoms with Crippen LogP contribution in [0, 0.1) is 0 Å². The fourth-order valence-corrected chi connectivity index (χ4v) is 1.72. The number of amides is 1. The Labute approximate surface area is 108 Å². The molecule has 0 radical (unpaired) electrons. The first-order valence-corrected chi connectivity index (χ1v) is 5.66. The summed E-state index contributed by atoms with van der Waals surface area (Å²) in [6, 6.07) is 5.21. The van der Waals surface area contributed by atoms with Crippen molar-refractivity contribution in [2.75, 3.05) is 5.32 Å². The molecule has 100 valence electrons. The van der Waals surface area contributed by atoms with E-state index < -0.39 is 11.4 Å². The van der Waals surface area contributed by atoms with Crippen LogP contribution in [0.15, 0.2) is 29.2 Å². The van der Waals surface area contributed by atoms with Crippen LogP contribution in [0.5, 0.6) is 0 Å². The van der Waals surface area contributed by atoms with Gasteiger partial charge in [-0.05, 0) is 41.2 Å². The Hall–Kier alpha value is -2.10. The molecule has 2 aromatic rings. The summed E-state index contributed by atoms with van der Waals surface area (Å²) >= 11 is -0.226. The van der Waals surface area contributed by atoms with Crippen LogP contribution in [-0.4, -0.2) is 32.0 Å². The number of tetrazole rings is 1. The maximum Gasteiger partial charge on any atom is 0.446 e. The number of H-pyrrole nitrogens is 1. The SMILES string of the molecule is O=C(Nc1ccc(SC(F)(F)F)cc1)c1nn[nH]n1. The van der Waals surface area contributed by atoms with E-state index in [1.807, 2.05) is 0 Å². The quantitative estimate of drug-likeness (QED) is 0.845. The normalized spacial score (nSPS) is 11.3. The number of carbonyl (C=O) groups excluding carboxylic acids is 1. The van der Waals surface area contributed by atoms with Crippen molar-refractivity contribution in [3.05, 3.63) is 30.1 Å². The van der Waals surface area contributed by atoms with Crippen LogP contribution in [-0.2, 0) is 0 Å².